The molecule has 6 heteroatoms. The Labute approximate surface area is 159 Å². The van der Waals surface area contributed by atoms with Crippen molar-refractivity contribution in [2.45, 2.75) is 58.6 Å². The second-order valence-corrected chi connectivity index (χ2v) is 7.83. The number of hydrogen-bond acceptors (Lipinski definition) is 5. The maximum Gasteiger partial charge on any atom is 0.253 e. The van der Waals surface area contributed by atoms with Crippen LogP contribution in [0.15, 0.2) is 41.5 Å². The first-order chi connectivity index (χ1) is 12.6. The molecule has 0 saturated heterocycles. The zero-order valence-electron chi connectivity index (χ0n) is 16.4. The third-order valence-corrected chi connectivity index (χ3v) is 4.19. The van der Waals surface area contributed by atoms with Crippen LogP contribution < -0.4 is 10.3 Å². The quantitative estimate of drug-likeness (QED) is 0.770. The summed E-state index contributed by atoms with van der Waals surface area (Å²) in [6.45, 7) is 7.75. The summed E-state index contributed by atoms with van der Waals surface area (Å²) in [5.41, 5.74) is 1.40. The zero-order valence-corrected chi connectivity index (χ0v) is 16.4. The molecule has 1 aromatic carbocycles. The van der Waals surface area contributed by atoms with Crippen molar-refractivity contribution < 1.29 is 14.6 Å². The van der Waals surface area contributed by atoms with E-state index in [1.165, 1.54) is 17.0 Å². The van der Waals surface area contributed by atoms with Crippen LogP contribution in [0.1, 0.15) is 45.4 Å². The Kier molecular flexibility index (Phi) is 6.91. The van der Waals surface area contributed by atoms with Gasteiger partial charge in [-0.1, -0.05) is 32.9 Å². The lowest BCUT2D eigenvalue weighted by Gasteiger charge is -2.18. The summed E-state index contributed by atoms with van der Waals surface area (Å²) < 4.78 is 6.97. The van der Waals surface area contributed by atoms with Gasteiger partial charge in [0.1, 0.15) is 24.2 Å². The minimum atomic E-state index is -0.831. The van der Waals surface area contributed by atoms with Crippen molar-refractivity contribution in [2.24, 2.45) is 0 Å². The molecule has 0 aliphatic heterocycles. The van der Waals surface area contributed by atoms with E-state index >= 15 is 0 Å². The van der Waals surface area contributed by atoms with Gasteiger partial charge in [0.25, 0.3) is 5.56 Å². The van der Waals surface area contributed by atoms with E-state index in [1.807, 2.05) is 45.0 Å². The number of ketones is 1. The maximum absolute atomic E-state index is 12.2. The summed E-state index contributed by atoms with van der Waals surface area (Å²) in [6.07, 6.45) is 1.87. The van der Waals surface area contributed by atoms with Crippen molar-refractivity contribution in [3.8, 4) is 5.75 Å². The number of nitrogens with zero attached hydrogens (tertiary/aromatic N) is 2. The van der Waals surface area contributed by atoms with Gasteiger partial charge in [0.2, 0.25) is 0 Å². The Morgan fingerprint density at radius 3 is 2.48 bits per heavy atom. The van der Waals surface area contributed by atoms with Gasteiger partial charge >= 0.3 is 0 Å². The summed E-state index contributed by atoms with van der Waals surface area (Å²) in [4.78, 5) is 27.5. The number of aliphatic hydroxyl groups is 1. The van der Waals surface area contributed by atoms with E-state index in [4.69, 9.17) is 4.74 Å². The SMILES string of the molecule is CC(=O)CCc1ccc(OCC(O)Cn2cnc(C(C)(C)C)cc2=O)cc1. The highest BCUT2D eigenvalue weighted by Gasteiger charge is 2.17. The molecule has 0 radical (unpaired) electrons. The fraction of sp³-hybridized carbons (Fsp3) is 0.476. The molecular formula is C21H28N2O4. The Morgan fingerprint density at radius 2 is 1.93 bits per heavy atom. The number of rotatable bonds is 8. The number of aryl methyl sites for hydroxylation is 1. The first-order valence-electron chi connectivity index (χ1n) is 9.11. The number of aromatic nitrogens is 2. The highest BCUT2D eigenvalue weighted by molar-refractivity contribution is 5.75. The number of ether oxygens (including phenoxy) is 1. The summed E-state index contributed by atoms with van der Waals surface area (Å²) in [6, 6.07) is 8.95. The Bertz CT molecular complexity index is 819. The van der Waals surface area contributed by atoms with Gasteiger partial charge in [0, 0.05) is 17.9 Å². The number of Topliss-reactive ketones (excluding diaryl/α,β-unsaturated/α-hetero) is 1. The first-order valence-corrected chi connectivity index (χ1v) is 9.11. The van der Waals surface area contributed by atoms with Crippen LogP contribution in [0.25, 0.3) is 0 Å². The molecule has 27 heavy (non-hydrogen) atoms. The Morgan fingerprint density at radius 1 is 1.26 bits per heavy atom. The Balaban J connectivity index is 1.88. The molecule has 0 aliphatic rings. The molecule has 1 unspecified atom stereocenters. The monoisotopic (exact) mass is 372 g/mol. The smallest absolute Gasteiger partial charge is 0.253 e. The fourth-order valence-corrected chi connectivity index (χ4v) is 2.52. The number of carbonyl (C=O) groups excluding carboxylic acids is 1. The predicted octanol–water partition coefficient (Wildman–Crippen LogP) is 2.50. The molecule has 0 spiro atoms. The highest BCUT2D eigenvalue weighted by atomic mass is 16.5. The van der Waals surface area contributed by atoms with E-state index < -0.39 is 6.10 Å². The normalized spacial score (nSPS) is 12.6. The van der Waals surface area contributed by atoms with Crippen LogP contribution in [0, 0.1) is 0 Å². The number of aliphatic hydroxyl groups excluding tert-OH is 1. The Hall–Kier alpha value is -2.47. The maximum atomic E-state index is 12.2. The van der Waals surface area contributed by atoms with Gasteiger partial charge in [-0.05, 0) is 31.0 Å². The highest BCUT2D eigenvalue weighted by Crippen LogP contribution is 2.17. The number of hydrogen-bond donors (Lipinski definition) is 1. The molecule has 1 aromatic heterocycles. The first kappa shape index (κ1) is 20.8. The second-order valence-electron chi connectivity index (χ2n) is 7.83. The summed E-state index contributed by atoms with van der Waals surface area (Å²) >= 11 is 0. The molecule has 0 bridgehead atoms. The van der Waals surface area contributed by atoms with Gasteiger partial charge < -0.3 is 14.6 Å². The second kappa shape index (κ2) is 8.95. The van der Waals surface area contributed by atoms with Crippen LogP contribution in [0.4, 0.5) is 0 Å². The molecule has 0 saturated carbocycles. The largest absolute Gasteiger partial charge is 0.491 e. The molecule has 0 amide bonds. The van der Waals surface area contributed by atoms with Crippen molar-refractivity contribution in [2.75, 3.05) is 6.61 Å². The van der Waals surface area contributed by atoms with Crippen LogP contribution >= 0.6 is 0 Å². The molecule has 0 fully saturated rings. The number of benzene rings is 1. The van der Waals surface area contributed by atoms with E-state index in [2.05, 4.69) is 4.98 Å². The van der Waals surface area contributed by atoms with E-state index in [0.29, 0.717) is 18.6 Å². The third kappa shape index (κ3) is 6.64. The van der Waals surface area contributed by atoms with Gasteiger partial charge in [-0.2, -0.15) is 0 Å². The van der Waals surface area contributed by atoms with Gasteiger partial charge in [-0.25, -0.2) is 4.98 Å². The van der Waals surface area contributed by atoms with Crippen molar-refractivity contribution >= 4 is 5.78 Å². The fourth-order valence-electron chi connectivity index (χ4n) is 2.52. The lowest BCUT2D eigenvalue weighted by molar-refractivity contribution is -0.116. The van der Waals surface area contributed by atoms with Crippen LogP contribution in [-0.4, -0.2) is 33.2 Å². The van der Waals surface area contributed by atoms with Crippen molar-refractivity contribution in [1.29, 1.82) is 0 Å². The molecule has 2 aromatic rings. The van der Waals surface area contributed by atoms with Gasteiger partial charge in [-0.3, -0.25) is 9.36 Å². The summed E-state index contributed by atoms with van der Waals surface area (Å²) in [5, 5.41) is 10.2. The van der Waals surface area contributed by atoms with Crippen LogP contribution in [0.2, 0.25) is 0 Å². The average molecular weight is 372 g/mol. The minimum Gasteiger partial charge on any atom is -0.491 e. The molecule has 2 rings (SSSR count). The molecular weight excluding hydrogens is 344 g/mol. The number of carbonyl (C=O) groups is 1. The van der Waals surface area contributed by atoms with Gasteiger partial charge in [-0.15, -0.1) is 0 Å². The van der Waals surface area contributed by atoms with Crippen molar-refractivity contribution in [1.82, 2.24) is 9.55 Å². The predicted molar refractivity (Wildman–Crippen MR) is 104 cm³/mol. The molecule has 146 valence electrons. The van der Waals surface area contributed by atoms with E-state index in [0.717, 1.165) is 11.3 Å². The summed E-state index contributed by atoms with van der Waals surface area (Å²) in [7, 11) is 0. The molecule has 1 atom stereocenters. The van der Waals surface area contributed by atoms with Crippen molar-refractivity contribution in [3.05, 3.63) is 58.3 Å². The molecule has 1 N–H and O–H groups in total. The van der Waals surface area contributed by atoms with E-state index in [1.54, 1.807) is 6.92 Å². The van der Waals surface area contributed by atoms with Gasteiger partial charge in [0.15, 0.2) is 0 Å². The lowest BCUT2D eigenvalue weighted by atomic mass is 9.92. The van der Waals surface area contributed by atoms with Crippen LogP contribution in [0.3, 0.4) is 0 Å². The third-order valence-electron chi connectivity index (χ3n) is 4.19. The topological polar surface area (TPSA) is 81.4 Å². The standard InChI is InChI=1S/C21H28N2O4/c1-15(24)5-6-16-7-9-18(10-8-16)27-13-17(25)12-23-14-22-19(11-20(23)26)21(2,3)4/h7-11,14,17,25H,5-6,12-13H2,1-4H3. The molecule has 1 heterocycles. The van der Waals surface area contributed by atoms with Crippen molar-refractivity contribution in [3.63, 3.8) is 0 Å². The van der Waals surface area contributed by atoms with E-state index in [9.17, 15) is 14.7 Å². The average Bonchev–Trinajstić information content (AvgIpc) is 2.60. The van der Waals surface area contributed by atoms with Gasteiger partial charge in [0.05, 0.1) is 18.6 Å². The summed E-state index contributed by atoms with van der Waals surface area (Å²) in [5.74, 6) is 0.799. The zero-order chi connectivity index (χ0) is 20.0. The molecule has 0 aliphatic carbocycles. The molecule has 6 nitrogen and oxygen atoms in total. The minimum absolute atomic E-state index is 0.0697. The van der Waals surface area contributed by atoms with Crippen LogP contribution in [0.5, 0.6) is 5.75 Å². The lowest BCUT2D eigenvalue weighted by Crippen LogP contribution is -2.31. The van der Waals surface area contributed by atoms with E-state index in [-0.39, 0.29) is 29.9 Å². The van der Waals surface area contributed by atoms with Crippen LogP contribution in [-0.2, 0) is 23.2 Å².